The minimum Gasteiger partial charge on any atom is -0.465 e. The van der Waals surface area contributed by atoms with E-state index >= 15 is 0 Å². The lowest BCUT2D eigenvalue weighted by atomic mass is 9.97. The van der Waals surface area contributed by atoms with E-state index < -0.39 is 34.3 Å². The summed E-state index contributed by atoms with van der Waals surface area (Å²) in [5.74, 6) is -0.0165. The summed E-state index contributed by atoms with van der Waals surface area (Å²) >= 11 is 0. The second kappa shape index (κ2) is 11.9. The molecular weight excluding hydrogens is 470 g/mol. The zero-order chi connectivity index (χ0) is 25.6. The fraction of sp³-hybridized carbons (Fsp3) is 0.480. The minimum absolute atomic E-state index is 0.0165. The van der Waals surface area contributed by atoms with E-state index in [-0.39, 0.29) is 36.9 Å². The van der Waals surface area contributed by atoms with Crippen LogP contribution in [0.1, 0.15) is 25.8 Å². The monoisotopic (exact) mass is 505 g/mol. The number of anilines is 1. The first-order chi connectivity index (χ1) is 16.6. The SMILES string of the molecule is CC(C)CN(CC(O)C(Cc1ccccc1)N(C(=O)O)C1CCOC1)S(=O)(=O)c1ccc(N)cc1. The summed E-state index contributed by atoms with van der Waals surface area (Å²) in [6.45, 7) is 4.37. The van der Waals surface area contributed by atoms with Gasteiger partial charge in [-0.3, -0.25) is 4.90 Å². The van der Waals surface area contributed by atoms with E-state index in [4.69, 9.17) is 10.5 Å². The molecule has 192 valence electrons. The quantitative estimate of drug-likeness (QED) is 0.400. The standard InChI is InChI=1S/C25H35N3O6S/c1-18(2)15-27(35(32,33)22-10-8-20(26)9-11-22)16-24(29)23(14-19-6-4-3-5-7-19)28(25(30)31)21-12-13-34-17-21/h3-11,18,21,23-24,29H,12-17,26H2,1-2H3,(H,30,31). The lowest BCUT2D eigenvalue weighted by Crippen LogP contribution is -2.56. The molecule has 4 N–H and O–H groups in total. The van der Waals surface area contributed by atoms with Crippen LogP contribution in [-0.4, -0.2) is 78.4 Å². The molecule has 9 nitrogen and oxygen atoms in total. The third-order valence-electron chi connectivity index (χ3n) is 6.09. The number of nitrogens with zero attached hydrogens (tertiary/aromatic N) is 2. The molecule has 1 fully saturated rings. The van der Waals surface area contributed by atoms with Crippen molar-refractivity contribution >= 4 is 21.8 Å². The van der Waals surface area contributed by atoms with Crippen molar-refractivity contribution in [2.75, 3.05) is 32.0 Å². The van der Waals surface area contributed by atoms with Gasteiger partial charge in [-0.05, 0) is 48.6 Å². The number of nitrogen functional groups attached to an aromatic ring is 1. The molecule has 0 saturated carbocycles. The molecule has 3 unspecified atom stereocenters. The van der Waals surface area contributed by atoms with Crippen LogP contribution in [-0.2, 0) is 21.2 Å². The zero-order valence-corrected chi connectivity index (χ0v) is 21.0. The van der Waals surface area contributed by atoms with Crippen molar-refractivity contribution in [3.8, 4) is 0 Å². The maximum atomic E-state index is 13.5. The highest BCUT2D eigenvalue weighted by Gasteiger charge is 2.39. The van der Waals surface area contributed by atoms with Crippen molar-refractivity contribution in [2.45, 2.75) is 49.8 Å². The van der Waals surface area contributed by atoms with Crippen molar-refractivity contribution in [3.05, 3.63) is 60.2 Å². The average molecular weight is 506 g/mol. The van der Waals surface area contributed by atoms with Crippen molar-refractivity contribution < 1.29 is 28.2 Å². The Kier molecular flexibility index (Phi) is 9.12. The molecule has 2 aromatic carbocycles. The number of aliphatic hydroxyl groups is 1. The first kappa shape index (κ1) is 26.9. The lowest BCUT2D eigenvalue weighted by Gasteiger charge is -2.38. The summed E-state index contributed by atoms with van der Waals surface area (Å²) < 4.78 is 33.6. The van der Waals surface area contributed by atoms with Gasteiger partial charge >= 0.3 is 6.09 Å². The van der Waals surface area contributed by atoms with Gasteiger partial charge in [0.1, 0.15) is 0 Å². The van der Waals surface area contributed by atoms with Gasteiger partial charge in [-0.15, -0.1) is 0 Å². The Morgan fingerprint density at radius 2 is 1.77 bits per heavy atom. The number of ether oxygens (including phenoxy) is 1. The second-order valence-corrected chi connectivity index (χ2v) is 11.3. The van der Waals surface area contributed by atoms with E-state index in [1.165, 1.54) is 33.5 Å². The number of carboxylic acid groups (broad SMARTS) is 1. The molecule has 1 aliphatic rings. The molecule has 1 aliphatic heterocycles. The van der Waals surface area contributed by atoms with E-state index in [0.717, 1.165) is 5.56 Å². The molecule has 3 rings (SSSR count). The van der Waals surface area contributed by atoms with E-state index in [2.05, 4.69) is 0 Å². The van der Waals surface area contributed by atoms with Crippen LogP contribution in [0.5, 0.6) is 0 Å². The number of amides is 1. The smallest absolute Gasteiger partial charge is 0.407 e. The average Bonchev–Trinajstić information content (AvgIpc) is 3.33. The van der Waals surface area contributed by atoms with Crippen LogP contribution < -0.4 is 5.73 Å². The Morgan fingerprint density at radius 1 is 1.11 bits per heavy atom. The number of carbonyl (C=O) groups is 1. The Labute approximate surface area is 207 Å². The Hall–Kier alpha value is -2.66. The summed E-state index contributed by atoms with van der Waals surface area (Å²) in [5, 5.41) is 21.5. The van der Waals surface area contributed by atoms with Gasteiger partial charge in [-0.25, -0.2) is 13.2 Å². The first-order valence-corrected chi connectivity index (χ1v) is 13.2. The molecule has 2 aromatic rings. The van der Waals surface area contributed by atoms with Gasteiger partial charge in [0.25, 0.3) is 0 Å². The largest absolute Gasteiger partial charge is 0.465 e. The van der Waals surface area contributed by atoms with E-state index in [9.17, 15) is 23.4 Å². The van der Waals surface area contributed by atoms with Crippen LogP contribution in [0.15, 0.2) is 59.5 Å². The highest BCUT2D eigenvalue weighted by atomic mass is 32.2. The van der Waals surface area contributed by atoms with Crippen LogP contribution in [0.3, 0.4) is 0 Å². The second-order valence-electron chi connectivity index (χ2n) is 9.32. The third kappa shape index (κ3) is 6.94. The molecule has 0 aromatic heterocycles. The van der Waals surface area contributed by atoms with E-state index in [0.29, 0.717) is 18.7 Å². The summed E-state index contributed by atoms with van der Waals surface area (Å²) in [6, 6.07) is 13.9. The summed E-state index contributed by atoms with van der Waals surface area (Å²) in [5.41, 5.74) is 7.01. The molecule has 0 radical (unpaired) electrons. The maximum absolute atomic E-state index is 13.5. The van der Waals surface area contributed by atoms with Crippen LogP contribution in [0, 0.1) is 5.92 Å². The highest BCUT2D eigenvalue weighted by molar-refractivity contribution is 7.89. The Balaban J connectivity index is 1.94. The maximum Gasteiger partial charge on any atom is 0.407 e. The predicted molar refractivity (Wildman–Crippen MR) is 133 cm³/mol. The number of sulfonamides is 1. The number of hydrogen-bond acceptors (Lipinski definition) is 6. The summed E-state index contributed by atoms with van der Waals surface area (Å²) in [6.07, 6.45) is -1.68. The van der Waals surface area contributed by atoms with Gasteiger partial charge in [-0.2, -0.15) is 4.31 Å². The zero-order valence-electron chi connectivity index (χ0n) is 20.2. The van der Waals surface area contributed by atoms with Crippen molar-refractivity contribution in [1.82, 2.24) is 9.21 Å². The normalized spacial score (nSPS) is 18.0. The first-order valence-electron chi connectivity index (χ1n) is 11.8. The van der Waals surface area contributed by atoms with Gasteiger partial charge in [-0.1, -0.05) is 44.2 Å². The molecular formula is C25H35N3O6S. The molecule has 1 heterocycles. The van der Waals surface area contributed by atoms with Crippen molar-refractivity contribution in [1.29, 1.82) is 0 Å². The molecule has 3 atom stereocenters. The van der Waals surface area contributed by atoms with Gasteiger partial charge in [0.15, 0.2) is 0 Å². The minimum atomic E-state index is -3.95. The fourth-order valence-corrected chi connectivity index (χ4v) is 6.00. The number of benzene rings is 2. The fourth-order valence-electron chi connectivity index (χ4n) is 4.38. The summed E-state index contributed by atoms with van der Waals surface area (Å²) in [7, 11) is -3.95. The Bertz CT molecular complexity index is 1060. The molecule has 0 aliphatic carbocycles. The van der Waals surface area contributed by atoms with Gasteiger partial charge in [0.05, 0.1) is 29.7 Å². The lowest BCUT2D eigenvalue weighted by molar-refractivity contribution is 0.0163. The molecule has 0 bridgehead atoms. The van der Waals surface area contributed by atoms with Crippen molar-refractivity contribution in [3.63, 3.8) is 0 Å². The molecule has 10 heteroatoms. The predicted octanol–water partition coefficient (Wildman–Crippen LogP) is 2.66. The summed E-state index contributed by atoms with van der Waals surface area (Å²) in [4.78, 5) is 13.7. The molecule has 0 spiro atoms. The van der Waals surface area contributed by atoms with Crippen LogP contribution in [0.4, 0.5) is 10.5 Å². The molecule has 1 saturated heterocycles. The Morgan fingerprint density at radius 3 is 2.31 bits per heavy atom. The molecule has 35 heavy (non-hydrogen) atoms. The van der Waals surface area contributed by atoms with Crippen LogP contribution in [0.2, 0.25) is 0 Å². The third-order valence-corrected chi connectivity index (χ3v) is 7.93. The number of hydrogen-bond donors (Lipinski definition) is 3. The van der Waals surface area contributed by atoms with Gasteiger partial charge in [0.2, 0.25) is 10.0 Å². The van der Waals surface area contributed by atoms with E-state index in [1.807, 2.05) is 44.2 Å². The van der Waals surface area contributed by atoms with Gasteiger partial charge < -0.3 is 20.7 Å². The number of nitrogens with two attached hydrogens (primary N) is 1. The van der Waals surface area contributed by atoms with Crippen LogP contribution >= 0.6 is 0 Å². The molecule has 1 amide bonds. The van der Waals surface area contributed by atoms with Gasteiger partial charge in [0, 0.05) is 25.4 Å². The number of aliphatic hydroxyl groups excluding tert-OH is 1. The van der Waals surface area contributed by atoms with E-state index in [1.54, 1.807) is 0 Å². The number of rotatable bonds is 11. The highest BCUT2D eigenvalue weighted by Crippen LogP contribution is 2.24. The van der Waals surface area contributed by atoms with Crippen molar-refractivity contribution in [2.24, 2.45) is 5.92 Å². The topological polar surface area (TPSA) is 133 Å². The van der Waals surface area contributed by atoms with Crippen LogP contribution in [0.25, 0.3) is 0 Å².